The second-order valence-electron chi connectivity index (χ2n) is 5.00. The molecular weight excluding hydrogens is 280 g/mol. The van der Waals surface area contributed by atoms with E-state index < -0.39 is 0 Å². The van der Waals surface area contributed by atoms with Crippen LogP contribution in [0.15, 0.2) is 68.4 Å². The van der Waals surface area contributed by atoms with Gasteiger partial charge in [0.2, 0.25) is 0 Å². The van der Waals surface area contributed by atoms with E-state index in [0.29, 0.717) is 28.0 Å². The molecule has 4 heteroatoms. The maximum absolute atomic E-state index is 12.3. The van der Waals surface area contributed by atoms with Crippen molar-refractivity contribution >= 4 is 21.9 Å². The van der Waals surface area contributed by atoms with Gasteiger partial charge in [-0.05, 0) is 30.3 Å². The SMILES string of the molecule is COc1ccc2occ(-c3cc4ccccc4oc3=O)c2c1. The molecule has 0 amide bonds. The normalized spacial score (nSPS) is 11.1. The van der Waals surface area contributed by atoms with Gasteiger partial charge < -0.3 is 13.6 Å². The Balaban J connectivity index is 2.02. The van der Waals surface area contributed by atoms with Gasteiger partial charge in [-0.3, -0.25) is 0 Å². The number of methoxy groups -OCH3 is 1. The molecule has 0 aliphatic heterocycles. The van der Waals surface area contributed by atoms with Crippen molar-refractivity contribution in [2.45, 2.75) is 0 Å². The van der Waals surface area contributed by atoms with E-state index in [4.69, 9.17) is 13.6 Å². The first-order valence-corrected chi connectivity index (χ1v) is 6.85. The van der Waals surface area contributed by atoms with E-state index in [1.54, 1.807) is 19.4 Å². The third-order valence-corrected chi connectivity index (χ3v) is 3.71. The van der Waals surface area contributed by atoms with Crippen LogP contribution >= 0.6 is 0 Å². The van der Waals surface area contributed by atoms with Crippen LogP contribution < -0.4 is 10.4 Å². The summed E-state index contributed by atoms with van der Waals surface area (Å²) in [6, 6.07) is 14.7. The number of para-hydroxylation sites is 1. The molecule has 0 unspecified atom stereocenters. The number of ether oxygens (including phenoxy) is 1. The third-order valence-electron chi connectivity index (χ3n) is 3.71. The molecule has 0 N–H and O–H groups in total. The standard InChI is InChI=1S/C18H12O4/c1-20-12-6-7-17-13(9-12)15(10-21-17)14-8-11-4-2-3-5-16(11)22-18(14)19/h2-10H,1H3. The minimum atomic E-state index is -0.385. The highest BCUT2D eigenvalue weighted by Crippen LogP contribution is 2.32. The van der Waals surface area contributed by atoms with Gasteiger partial charge in [0.1, 0.15) is 16.9 Å². The van der Waals surface area contributed by atoms with Crippen LogP contribution in [-0.2, 0) is 0 Å². The molecule has 2 aromatic heterocycles. The maximum atomic E-state index is 12.3. The molecule has 4 rings (SSSR count). The predicted molar refractivity (Wildman–Crippen MR) is 84.2 cm³/mol. The third kappa shape index (κ3) is 1.89. The first-order valence-electron chi connectivity index (χ1n) is 6.85. The molecule has 2 heterocycles. The molecule has 108 valence electrons. The molecule has 0 spiro atoms. The van der Waals surface area contributed by atoms with Gasteiger partial charge in [-0.1, -0.05) is 18.2 Å². The highest BCUT2D eigenvalue weighted by molar-refractivity contribution is 5.96. The van der Waals surface area contributed by atoms with Crippen LogP contribution in [0.5, 0.6) is 5.75 Å². The zero-order chi connectivity index (χ0) is 15.1. The molecule has 4 nitrogen and oxygen atoms in total. The molecular formula is C18H12O4. The number of hydrogen-bond donors (Lipinski definition) is 0. The molecule has 0 radical (unpaired) electrons. The van der Waals surface area contributed by atoms with Crippen molar-refractivity contribution < 1.29 is 13.6 Å². The number of furan rings is 1. The molecule has 0 saturated heterocycles. The molecule has 0 aliphatic carbocycles. The molecule has 0 saturated carbocycles. The Morgan fingerprint density at radius 3 is 2.68 bits per heavy atom. The minimum absolute atomic E-state index is 0.385. The minimum Gasteiger partial charge on any atom is -0.497 e. The van der Waals surface area contributed by atoms with Gasteiger partial charge in [0.15, 0.2) is 0 Å². The molecule has 4 aromatic rings. The van der Waals surface area contributed by atoms with Gasteiger partial charge in [0.25, 0.3) is 0 Å². The van der Waals surface area contributed by atoms with Crippen LogP contribution in [0.25, 0.3) is 33.1 Å². The highest BCUT2D eigenvalue weighted by atomic mass is 16.5. The molecule has 22 heavy (non-hydrogen) atoms. The average Bonchev–Trinajstić information content (AvgIpc) is 2.97. The predicted octanol–water partition coefficient (Wildman–Crippen LogP) is 4.21. The molecule has 0 bridgehead atoms. The van der Waals surface area contributed by atoms with Crippen LogP contribution in [0, 0.1) is 0 Å². The van der Waals surface area contributed by atoms with E-state index in [-0.39, 0.29) is 5.63 Å². The maximum Gasteiger partial charge on any atom is 0.344 e. The first-order chi connectivity index (χ1) is 10.8. The van der Waals surface area contributed by atoms with Crippen LogP contribution in [0.1, 0.15) is 0 Å². The van der Waals surface area contributed by atoms with Crippen LogP contribution in [0.2, 0.25) is 0 Å². The lowest BCUT2D eigenvalue weighted by atomic mass is 10.0. The Kier molecular flexibility index (Phi) is 2.76. The molecule has 0 atom stereocenters. The van der Waals surface area contributed by atoms with E-state index in [1.165, 1.54) is 0 Å². The summed E-state index contributed by atoms with van der Waals surface area (Å²) in [5.74, 6) is 0.709. The Bertz CT molecular complexity index is 1040. The fourth-order valence-electron chi connectivity index (χ4n) is 2.59. The lowest BCUT2D eigenvalue weighted by Crippen LogP contribution is -2.02. The average molecular weight is 292 g/mol. The van der Waals surface area contributed by atoms with Gasteiger partial charge in [-0.2, -0.15) is 0 Å². The quantitative estimate of drug-likeness (QED) is 0.519. The summed E-state index contributed by atoms with van der Waals surface area (Å²) in [6.45, 7) is 0. The summed E-state index contributed by atoms with van der Waals surface area (Å²) in [7, 11) is 1.60. The topological polar surface area (TPSA) is 52.6 Å². The van der Waals surface area contributed by atoms with E-state index in [2.05, 4.69) is 0 Å². The van der Waals surface area contributed by atoms with Crippen molar-refractivity contribution in [3.63, 3.8) is 0 Å². The fourth-order valence-corrected chi connectivity index (χ4v) is 2.59. The second kappa shape index (κ2) is 4.77. The Labute approximate surface area is 125 Å². The number of benzene rings is 2. The van der Waals surface area contributed by atoms with E-state index in [9.17, 15) is 4.79 Å². The summed E-state index contributed by atoms with van der Waals surface area (Å²) in [5, 5.41) is 1.69. The second-order valence-corrected chi connectivity index (χ2v) is 5.00. The van der Waals surface area contributed by atoms with Crippen molar-refractivity contribution in [3.05, 3.63) is 65.2 Å². The molecule has 0 fully saturated rings. The van der Waals surface area contributed by atoms with Crippen molar-refractivity contribution in [1.82, 2.24) is 0 Å². The zero-order valence-corrected chi connectivity index (χ0v) is 11.8. The van der Waals surface area contributed by atoms with Gasteiger partial charge in [0.05, 0.1) is 18.9 Å². The van der Waals surface area contributed by atoms with Crippen molar-refractivity contribution in [2.75, 3.05) is 7.11 Å². The zero-order valence-electron chi connectivity index (χ0n) is 11.8. The summed E-state index contributed by atoms with van der Waals surface area (Å²) < 4.78 is 16.2. The van der Waals surface area contributed by atoms with Crippen LogP contribution in [0.3, 0.4) is 0 Å². The monoisotopic (exact) mass is 292 g/mol. The Morgan fingerprint density at radius 1 is 0.955 bits per heavy atom. The largest absolute Gasteiger partial charge is 0.497 e. The lowest BCUT2D eigenvalue weighted by Gasteiger charge is -2.02. The van der Waals surface area contributed by atoms with Gasteiger partial charge in [-0.15, -0.1) is 0 Å². The fraction of sp³-hybridized carbons (Fsp3) is 0.0556. The van der Waals surface area contributed by atoms with Crippen molar-refractivity contribution in [2.24, 2.45) is 0 Å². The summed E-state index contributed by atoms with van der Waals surface area (Å²) >= 11 is 0. The van der Waals surface area contributed by atoms with Crippen molar-refractivity contribution in [3.8, 4) is 16.9 Å². The molecule has 0 aliphatic rings. The van der Waals surface area contributed by atoms with E-state index in [0.717, 1.165) is 10.8 Å². The van der Waals surface area contributed by atoms with Gasteiger partial charge in [0, 0.05) is 16.3 Å². The summed E-state index contributed by atoms with van der Waals surface area (Å²) in [6.07, 6.45) is 1.57. The smallest absolute Gasteiger partial charge is 0.344 e. The number of fused-ring (bicyclic) bond motifs is 2. The number of rotatable bonds is 2. The van der Waals surface area contributed by atoms with Gasteiger partial charge >= 0.3 is 5.63 Å². The Morgan fingerprint density at radius 2 is 1.82 bits per heavy atom. The van der Waals surface area contributed by atoms with E-state index >= 15 is 0 Å². The first kappa shape index (κ1) is 12.7. The summed E-state index contributed by atoms with van der Waals surface area (Å²) in [5.41, 5.74) is 2.06. The summed E-state index contributed by atoms with van der Waals surface area (Å²) in [4.78, 5) is 12.3. The molecule has 2 aromatic carbocycles. The van der Waals surface area contributed by atoms with Crippen molar-refractivity contribution in [1.29, 1.82) is 0 Å². The number of hydrogen-bond acceptors (Lipinski definition) is 4. The highest BCUT2D eigenvalue weighted by Gasteiger charge is 2.14. The van der Waals surface area contributed by atoms with E-state index in [1.807, 2.05) is 42.5 Å². The lowest BCUT2D eigenvalue weighted by molar-refractivity contribution is 0.415. The van der Waals surface area contributed by atoms with Crippen LogP contribution in [-0.4, -0.2) is 7.11 Å². The Hall–Kier alpha value is -3.01. The van der Waals surface area contributed by atoms with Crippen LogP contribution in [0.4, 0.5) is 0 Å². The van der Waals surface area contributed by atoms with Gasteiger partial charge in [-0.25, -0.2) is 4.79 Å².